The molecule has 2 saturated heterocycles. The molecule has 1 N–H and O–H groups in total. The molecule has 2 aliphatic heterocycles. The summed E-state index contributed by atoms with van der Waals surface area (Å²) >= 11 is 0. The summed E-state index contributed by atoms with van der Waals surface area (Å²) in [4.78, 5) is 40.6. The summed E-state index contributed by atoms with van der Waals surface area (Å²) in [6, 6.07) is 13.2. The summed E-state index contributed by atoms with van der Waals surface area (Å²) in [6.45, 7) is 5.14. The number of hydrogen-bond acceptors (Lipinski definition) is 3. The second kappa shape index (κ2) is 7.70. The van der Waals surface area contributed by atoms with Crippen molar-refractivity contribution in [2.24, 2.45) is 5.92 Å². The van der Waals surface area contributed by atoms with E-state index in [0.717, 1.165) is 35.5 Å². The van der Waals surface area contributed by atoms with Gasteiger partial charge in [0.25, 0.3) is 0 Å². The molecule has 3 amide bonds. The van der Waals surface area contributed by atoms with E-state index in [1.165, 1.54) is 0 Å². The van der Waals surface area contributed by atoms with E-state index < -0.39 is 0 Å². The highest BCUT2D eigenvalue weighted by Crippen LogP contribution is 2.30. The number of hydrogen-bond donors (Lipinski definition) is 1. The molecular formula is C23H25N3O3. The third-order valence-electron chi connectivity index (χ3n) is 5.88. The van der Waals surface area contributed by atoms with E-state index in [9.17, 15) is 14.4 Å². The second-order valence-electron chi connectivity index (χ2n) is 7.81. The van der Waals surface area contributed by atoms with Crippen molar-refractivity contribution in [2.75, 3.05) is 28.2 Å². The van der Waals surface area contributed by atoms with Gasteiger partial charge in [-0.15, -0.1) is 0 Å². The minimum absolute atomic E-state index is 0.0262. The quantitative estimate of drug-likeness (QED) is 0.868. The second-order valence-corrected chi connectivity index (χ2v) is 7.81. The van der Waals surface area contributed by atoms with Crippen molar-refractivity contribution in [1.29, 1.82) is 0 Å². The highest BCUT2D eigenvalue weighted by atomic mass is 16.2. The third kappa shape index (κ3) is 3.75. The average molecular weight is 391 g/mol. The molecular weight excluding hydrogens is 366 g/mol. The van der Waals surface area contributed by atoms with Crippen LogP contribution >= 0.6 is 0 Å². The first-order valence-corrected chi connectivity index (χ1v) is 10.0. The predicted octanol–water partition coefficient (Wildman–Crippen LogP) is 3.42. The van der Waals surface area contributed by atoms with Gasteiger partial charge in [0.2, 0.25) is 17.7 Å². The van der Waals surface area contributed by atoms with Crippen molar-refractivity contribution in [3.8, 4) is 0 Å². The Morgan fingerprint density at radius 2 is 1.76 bits per heavy atom. The summed E-state index contributed by atoms with van der Waals surface area (Å²) in [6.07, 6.45) is 1.68. The minimum Gasteiger partial charge on any atom is -0.326 e. The molecule has 0 saturated carbocycles. The molecule has 2 fully saturated rings. The van der Waals surface area contributed by atoms with Crippen molar-refractivity contribution >= 4 is 34.8 Å². The van der Waals surface area contributed by atoms with Crippen LogP contribution in [-0.4, -0.2) is 30.8 Å². The summed E-state index contributed by atoms with van der Waals surface area (Å²) in [5, 5.41) is 2.91. The van der Waals surface area contributed by atoms with Gasteiger partial charge in [0.05, 0.1) is 5.92 Å². The normalized spacial score (nSPS) is 19.2. The number of nitrogens with zero attached hydrogens (tertiary/aromatic N) is 2. The summed E-state index contributed by atoms with van der Waals surface area (Å²) in [5.41, 5.74) is 4.59. The van der Waals surface area contributed by atoms with Crippen LogP contribution in [0, 0.1) is 19.8 Å². The van der Waals surface area contributed by atoms with E-state index in [2.05, 4.69) is 5.32 Å². The highest BCUT2D eigenvalue weighted by molar-refractivity contribution is 6.04. The van der Waals surface area contributed by atoms with Crippen molar-refractivity contribution in [3.63, 3.8) is 0 Å². The number of carbonyl (C=O) groups excluding carboxylic acids is 3. The lowest BCUT2D eigenvalue weighted by atomic mass is 10.1. The van der Waals surface area contributed by atoms with Gasteiger partial charge in [0, 0.05) is 43.0 Å². The molecule has 0 aromatic heterocycles. The summed E-state index contributed by atoms with van der Waals surface area (Å²) < 4.78 is 0. The Labute approximate surface area is 170 Å². The minimum atomic E-state index is -0.387. The van der Waals surface area contributed by atoms with E-state index in [-0.39, 0.29) is 30.1 Å². The SMILES string of the molecule is Cc1cccc(N2C[C@@H](C(=O)Nc3ccc(N4CCCC4=O)cc3)CC2=O)c1C. The van der Waals surface area contributed by atoms with Crippen molar-refractivity contribution in [2.45, 2.75) is 33.1 Å². The molecule has 6 heteroatoms. The maximum Gasteiger partial charge on any atom is 0.229 e. The van der Waals surface area contributed by atoms with Crippen molar-refractivity contribution in [1.82, 2.24) is 0 Å². The lowest BCUT2D eigenvalue weighted by Crippen LogP contribution is -2.28. The van der Waals surface area contributed by atoms with Gasteiger partial charge in [-0.2, -0.15) is 0 Å². The van der Waals surface area contributed by atoms with Crippen LogP contribution in [0.1, 0.15) is 30.4 Å². The van der Waals surface area contributed by atoms with Gasteiger partial charge in [-0.05, 0) is 61.7 Å². The zero-order valence-electron chi connectivity index (χ0n) is 16.8. The van der Waals surface area contributed by atoms with Gasteiger partial charge in [0.1, 0.15) is 0 Å². The number of aryl methyl sites for hydroxylation is 1. The van der Waals surface area contributed by atoms with Crippen molar-refractivity contribution in [3.05, 3.63) is 53.6 Å². The molecule has 2 heterocycles. The van der Waals surface area contributed by atoms with Crippen LogP contribution in [0.2, 0.25) is 0 Å². The number of anilines is 3. The molecule has 2 aromatic carbocycles. The first kappa shape index (κ1) is 19.2. The van der Waals surface area contributed by atoms with Gasteiger partial charge >= 0.3 is 0 Å². The molecule has 0 bridgehead atoms. The number of carbonyl (C=O) groups is 3. The van der Waals surface area contributed by atoms with Gasteiger partial charge in [-0.25, -0.2) is 0 Å². The smallest absolute Gasteiger partial charge is 0.229 e. The monoisotopic (exact) mass is 391 g/mol. The van der Waals surface area contributed by atoms with Crippen LogP contribution < -0.4 is 15.1 Å². The average Bonchev–Trinajstić information content (AvgIpc) is 3.30. The van der Waals surface area contributed by atoms with Crippen LogP contribution in [0.5, 0.6) is 0 Å². The molecule has 0 unspecified atom stereocenters. The fourth-order valence-corrected chi connectivity index (χ4v) is 4.03. The van der Waals surface area contributed by atoms with E-state index in [4.69, 9.17) is 0 Å². The lowest BCUT2D eigenvalue weighted by molar-refractivity contribution is -0.122. The molecule has 0 spiro atoms. The van der Waals surface area contributed by atoms with E-state index in [0.29, 0.717) is 18.7 Å². The van der Waals surface area contributed by atoms with E-state index in [1.807, 2.05) is 44.2 Å². The molecule has 150 valence electrons. The number of nitrogens with one attached hydrogen (secondary N) is 1. The van der Waals surface area contributed by atoms with Crippen molar-refractivity contribution < 1.29 is 14.4 Å². The van der Waals surface area contributed by atoms with Gasteiger partial charge in [-0.1, -0.05) is 12.1 Å². The maximum atomic E-state index is 12.7. The molecule has 4 rings (SSSR count). The third-order valence-corrected chi connectivity index (χ3v) is 5.88. The first-order valence-electron chi connectivity index (χ1n) is 10.0. The zero-order chi connectivity index (χ0) is 20.5. The molecule has 6 nitrogen and oxygen atoms in total. The fourth-order valence-electron chi connectivity index (χ4n) is 4.03. The molecule has 0 radical (unpaired) electrons. The molecule has 1 atom stereocenters. The molecule has 0 aliphatic carbocycles. The Kier molecular flexibility index (Phi) is 5.09. The van der Waals surface area contributed by atoms with Gasteiger partial charge in [-0.3, -0.25) is 14.4 Å². The van der Waals surface area contributed by atoms with Crippen LogP contribution in [0.3, 0.4) is 0 Å². The number of rotatable bonds is 4. The Balaban J connectivity index is 1.42. The molecule has 29 heavy (non-hydrogen) atoms. The predicted molar refractivity (Wildman–Crippen MR) is 113 cm³/mol. The number of amides is 3. The topological polar surface area (TPSA) is 69.7 Å². The Hall–Kier alpha value is -3.15. The number of benzene rings is 2. The van der Waals surface area contributed by atoms with Crippen LogP contribution in [-0.2, 0) is 14.4 Å². The fraction of sp³-hybridized carbons (Fsp3) is 0.348. The Morgan fingerprint density at radius 3 is 2.45 bits per heavy atom. The molecule has 2 aromatic rings. The van der Waals surface area contributed by atoms with E-state index >= 15 is 0 Å². The Morgan fingerprint density at radius 1 is 1.00 bits per heavy atom. The first-order chi connectivity index (χ1) is 13.9. The van der Waals surface area contributed by atoms with E-state index in [1.54, 1.807) is 21.9 Å². The standard InChI is InChI=1S/C23H25N3O3/c1-15-5-3-6-20(16(15)2)26-14-17(13-22(26)28)23(29)24-18-8-10-19(11-9-18)25-12-4-7-21(25)27/h3,5-6,8-11,17H,4,7,12-14H2,1-2H3,(H,24,29)/t17-/m0/s1. The van der Waals surface area contributed by atoms with Crippen LogP contribution in [0.15, 0.2) is 42.5 Å². The lowest BCUT2D eigenvalue weighted by Gasteiger charge is -2.20. The van der Waals surface area contributed by atoms with Crippen LogP contribution in [0.4, 0.5) is 17.1 Å². The Bertz CT molecular complexity index is 968. The highest BCUT2D eigenvalue weighted by Gasteiger charge is 2.35. The van der Waals surface area contributed by atoms with Gasteiger partial charge < -0.3 is 15.1 Å². The largest absolute Gasteiger partial charge is 0.326 e. The summed E-state index contributed by atoms with van der Waals surface area (Å²) in [5.74, 6) is -0.432. The van der Waals surface area contributed by atoms with Gasteiger partial charge in [0.15, 0.2) is 0 Å². The summed E-state index contributed by atoms with van der Waals surface area (Å²) in [7, 11) is 0. The zero-order valence-corrected chi connectivity index (χ0v) is 16.8. The molecule has 2 aliphatic rings. The van der Waals surface area contributed by atoms with Crippen LogP contribution in [0.25, 0.3) is 0 Å². The maximum absolute atomic E-state index is 12.7.